The molecule has 2 aromatic heterocycles. The van der Waals surface area contributed by atoms with E-state index < -0.39 is 0 Å². The average Bonchev–Trinajstić information content (AvgIpc) is 2.82. The lowest BCUT2D eigenvalue weighted by Gasteiger charge is -2.17. The molecule has 1 atom stereocenters. The van der Waals surface area contributed by atoms with Gasteiger partial charge in [0.25, 0.3) is 0 Å². The average molecular weight is 204 g/mol. The monoisotopic (exact) mass is 204 g/mol. The largest absolute Gasteiger partial charge is 0.467 e. The van der Waals surface area contributed by atoms with Crippen molar-refractivity contribution in [3.63, 3.8) is 0 Å². The third-order valence-electron chi connectivity index (χ3n) is 2.56. The Labute approximate surface area is 89.7 Å². The molecule has 0 spiro atoms. The first-order chi connectivity index (χ1) is 7.18. The Balaban J connectivity index is 2.16. The molecule has 0 radical (unpaired) electrons. The molecule has 2 aromatic rings. The van der Waals surface area contributed by atoms with E-state index in [1.165, 1.54) is 11.4 Å². The van der Waals surface area contributed by atoms with Gasteiger partial charge in [-0.05, 0) is 45.0 Å². The maximum atomic E-state index is 5.35. The van der Waals surface area contributed by atoms with Gasteiger partial charge in [0, 0.05) is 11.4 Å². The normalized spacial score (nSPS) is 12.7. The summed E-state index contributed by atoms with van der Waals surface area (Å²) in [6, 6.07) is 8.24. The zero-order valence-corrected chi connectivity index (χ0v) is 9.32. The summed E-state index contributed by atoms with van der Waals surface area (Å²) in [7, 11) is 0. The van der Waals surface area contributed by atoms with E-state index in [1.807, 2.05) is 12.1 Å². The fourth-order valence-electron chi connectivity index (χ4n) is 1.67. The lowest BCUT2D eigenvalue weighted by molar-refractivity contribution is 0.475. The number of furan rings is 1. The number of hydrogen-bond donors (Lipinski definition) is 1. The van der Waals surface area contributed by atoms with E-state index in [-0.39, 0.29) is 6.04 Å². The second-order valence-corrected chi connectivity index (χ2v) is 3.82. The van der Waals surface area contributed by atoms with Gasteiger partial charge in [0.2, 0.25) is 0 Å². The fourth-order valence-corrected chi connectivity index (χ4v) is 1.67. The summed E-state index contributed by atoms with van der Waals surface area (Å²) in [5, 5.41) is 0. The van der Waals surface area contributed by atoms with Gasteiger partial charge in [0.1, 0.15) is 5.76 Å². The van der Waals surface area contributed by atoms with Crippen LogP contribution < -0.4 is 5.43 Å². The Morgan fingerprint density at radius 2 is 1.87 bits per heavy atom. The maximum Gasteiger partial charge on any atom is 0.127 e. The molecular formula is C12H16N2O. The number of rotatable bonds is 3. The summed E-state index contributed by atoms with van der Waals surface area (Å²) in [5.74, 6) is 0.947. The predicted octanol–water partition coefficient (Wildman–Crippen LogP) is 3.00. The Bertz CT molecular complexity index is 409. The summed E-state index contributed by atoms with van der Waals surface area (Å²) in [5.41, 5.74) is 5.78. The highest BCUT2D eigenvalue weighted by atomic mass is 16.3. The van der Waals surface area contributed by atoms with Crippen LogP contribution >= 0.6 is 0 Å². The van der Waals surface area contributed by atoms with Crippen LogP contribution in [0.5, 0.6) is 0 Å². The summed E-state index contributed by atoms with van der Waals surface area (Å²) < 4.78 is 7.42. The smallest absolute Gasteiger partial charge is 0.127 e. The van der Waals surface area contributed by atoms with Crippen LogP contribution in [0.2, 0.25) is 0 Å². The summed E-state index contributed by atoms with van der Waals surface area (Å²) >= 11 is 0. The van der Waals surface area contributed by atoms with Crippen LogP contribution in [0.15, 0.2) is 34.9 Å². The molecule has 2 heterocycles. The Kier molecular flexibility index (Phi) is 2.54. The molecule has 1 unspecified atom stereocenters. The molecule has 3 nitrogen and oxygen atoms in total. The van der Waals surface area contributed by atoms with E-state index in [2.05, 4.69) is 43.0 Å². The zero-order valence-electron chi connectivity index (χ0n) is 9.32. The molecule has 0 amide bonds. The molecule has 0 aliphatic heterocycles. The fraction of sp³-hybridized carbons (Fsp3) is 0.333. The first-order valence-electron chi connectivity index (χ1n) is 5.13. The van der Waals surface area contributed by atoms with Crippen molar-refractivity contribution in [3.8, 4) is 0 Å². The maximum absolute atomic E-state index is 5.35. The van der Waals surface area contributed by atoms with E-state index in [0.717, 1.165) is 5.76 Å². The van der Waals surface area contributed by atoms with Crippen molar-refractivity contribution in [3.05, 3.63) is 47.7 Å². The molecular weight excluding hydrogens is 188 g/mol. The van der Waals surface area contributed by atoms with Gasteiger partial charge in [-0.25, -0.2) is 0 Å². The van der Waals surface area contributed by atoms with Crippen LogP contribution in [0, 0.1) is 13.8 Å². The zero-order chi connectivity index (χ0) is 10.8. The number of aryl methyl sites for hydroxylation is 2. The third-order valence-corrected chi connectivity index (χ3v) is 2.56. The molecule has 0 aliphatic carbocycles. The Hall–Kier alpha value is -1.64. The molecule has 0 saturated carbocycles. The minimum atomic E-state index is 0.171. The standard InChI is InChI=1S/C12H16N2O/c1-9-6-7-10(2)14(9)13-11(3)12-5-4-8-15-12/h4-8,11,13H,1-3H3. The van der Waals surface area contributed by atoms with Crippen LogP contribution in [-0.4, -0.2) is 4.68 Å². The van der Waals surface area contributed by atoms with E-state index in [0.29, 0.717) is 0 Å². The molecule has 0 fully saturated rings. The second kappa shape index (κ2) is 3.85. The first kappa shape index (κ1) is 9.90. The highest BCUT2D eigenvalue weighted by Gasteiger charge is 2.09. The van der Waals surface area contributed by atoms with Crippen molar-refractivity contribution in [1.29, 1.82) is 0 Å². The number of nitrogens with zero attached hydrogens (tertiary/aromatic N) is 1. The molecule has 80 valence electrons. The minimum Gasteiger partial charge on any atom is -0.467 e. The second-order valence-electron chi connectivity index (χ2n) is 3.82. The molecule has 0 bridgehead atoms. The van der Waals surface area contributed by atoms with Gasteiger partial charge in [-0.2, -0.15) is 0 Å². The van der Waals surface area contributed by atoms with Crippen LogP contribution in [0.4, 0.5) is 0 Å². The van der Waals surface area contributed by atoms with Gasteiger partial charge in [0.05, 0.1) is 12.3 Å². The lowest BCUT2D eigenvalue weighted by atomic mass is 10.3. The summed E-state index contributed by atoms with van der Waals surface area (Å²) in [6.07, 6.45) is 1.70. The van der Waals surface area contributed by atoms with Crippen LogP contribution in [0.1, 0.15) is 30.1 Å². The van der Waals surface area contributed by atoms with Gasteiger partial charge in [-0.1, -0.05) is 0 Å². The number of aromatic nitrogens is 1. The molecule has 15 heavy (non-hydrogen) atoms. The van der Waals surface area contributed by atoms with Gasteiger partial charge in [-0.15, -0.1) is 0 Å². The summed E-state index contributed by atoms with van der Waals surface area (Å²) in [6.45, 7) is 6.24. The third kappa shape index (κ3) is 1.91. The number of hydrogen-bond acceptors (Lipinski definition) is 2. The van der Waals surface area contributed by atoms with Crippen LogP contribution in [-0.2, 0) is 0 Å². The quantitative estimate of drug-likeness (QED) is 0.833. The topological polar surface area (TPSA) is 30.1 Å². The van der Waals surface area contributed by atoms with E-state index in [1.54, 1.807) is 6.26 Å². The van der Waals surface area contributed by atoms with Gasteiger partial charge in [0.15, 0.2) is 0 Å². The van der Waals surface area contributed by atoms with E-state index in [4.69, 9.17) is 4.42 Å². The molecule has 3 heteroatoms. The summed E-state index contributed by atoms with van der Waals surface area (Å²) in [4.78, 5) is 0. The molecule has 2 rings (SSSR count). The molecule has 1 N–H and O–H groups in total. The van der Waals surface area contributed by atoms with Crippen molar-refractivity contribution >= 4 is 0 Å². The highest BCUT2D eigenvalue weighted by Crippen LogP contribution is 2.15. The SMILES string of the molecule is Cc1ccc(C)n1NC(C)c1ccco1. The molecule has 0 aliphatic rings. The first-order valence-corrected chi connectivity index (χ1v) is 5.13. The lowest BCUT2D eigenvalue weighted by Crippen LogP contribution is -2.20. The predicted molar refractivity (Wildman–Crippen MR) is 60.4 cm³/mol. The van der Waals surface area contributed by atoms with Crippen molar-refractivity contribution < 1.29 is 4.42 Å². The van der Waals surface area contributed by atoms with Gasteiger partial charge in [-0.3, -0.25) is 4.68 Å². The van der Waals surface area contributed by atoms with Gasteiger partial charge < -0.3 is 9.84 Å². The van der Waals surface area contributed by atoms with Crippen molar-refractivity contribution in [1.82, 2.24) is 4.68 Å². The minimum absolute atomic E-state index is 0.171. The van der Waals surface area contributed by atoms with Crippen molar-refractivity contribution in [2.45, 2.75) is 26.8 Å². The molecule has 0 saturated heterocycles. The van der Waals surface area contributed by atoms with E-state index >= 15 is 0 Å². The van der Waals surface area contributed by atoms with Gasteiger partial charge >= 0.3 is 0 Å². The van der Waals surface area contributed by atoms with E-state index in [9.17, 15) is 0 Å². The highest BCUT2D eigenvalue weighted by molar-refractivity contribution is 5.17. The van der Waals surface area contributed by atoms with Crippen LogP contribution in [0.25, 0.3) is 0 Å². The Morgan fingerprint density at radius 3 is 2.40 bits per heavy atom. The van der Waals surface area contributed by atoms with Crippen LogP contribution in [0.3, 0.4) is 0 Å². The van der Waals surface area contributed by atoms with Crippen molar-refractivity contribution in [2.75, 3.05) is 5.43 Å². The van der Waals surface area contributed by atoms with Crippen molar-refractivity contribution in [2.24, 2.45) is 0 Å². The Morgan fingerprint density at radius 1 is 1.20 bits per heavy atom. The number of nitrogens with one attached hydrogen (secondary N) is 1. The molecule has 0 aromatic carbocycles.